The van der Waals surface area contributed by atoms with Gasteiger partial charge in [0.25, 0.3) is 11.5 Å². The maximum absolute atomic E-state index is 14.7. The highest BCUT2D eigenvalue weighted by molar-refractivity contribution is 7.13. The summed E-state index contributed by atoms with van der Waals surface area (Å²) in [4.78, 5) is 36.0. The Bertz CT molecular complexity index is 1730. The van der Waals surface area contributed by atoms with Crippen LogP contribution in [0.15, 0.2) is 64.3 Å². The molecule has 0 spiro atoms. The van der Waals surface area contributed by atoms with Gasteiger partial charge >= 0.3 is 0 Å². The molecule has 2 aliphatic heterocycles. The summed E-state index contributed by atoms with van der Waals surface area (Å²) in [7, 11) is 0. The van der Waals surface area contributed by atoms with Crippen LogP contribution in [0.3, 0.4) is 0 Å². The Balaban J connectivity index is 1.63. The Morgan fingerprint density at radius 3 is 2.43 bits per heavy atom. The third kappa shape index (κ3) is 5.14. The Morgan fingerprint density at radius 2 is 1.83 bits per heavy atom. The van der Waals surface area contributed by atoms with E-state index in [4.69, 9.17) is 16.6 Å². The van der Waals surface area contributed by atoms with E-state index < -0.39 is 0 Å². The normalized spacial score (nSPS) is 17.6. The van der Waals surface area contributed by atoms with E-state index in [-0.39, 0.29) is 17.5 Å². The summed E-state index contributed by atoms with van der Waals surface area (Å²) < 4.78 is 1.79. The highest BCUT2D eigenvalue weighted by Gasteiger charge is 2.41. The van der Waals surface area contributed by atoms with Gasteiger partial charge in [0.1, 0.15) is 5.01 Å². The number of likely N-dealkylation sites (tertiary alicyclic amines) is 1. The van der Waals surface area contributed by atoms with Gasteiger partial charge in [-0.1, -0.05) is 61.4 Å². The average Bonchev–Trinajstić information content (AvgIpc) is 3.75. The number of hydrogen-bond donors (Lipinski definition) is 1. The molecule has 2 aromatic heterocycles. The molecule has 4 aromatic rings. The standard InChI is InChI=1S/C34H35ClN4O2S/c1-5-21-8-7-9-22(6-2)31(21)39-30(14-20(3)4)27(33(40)38-18-25-15-26(38)17-36-25)16-28(34(39)41)32-37-29(19-42-32)23-10-12-24(35)13-11-23/h7-14,16,19,25-26,36H,5-6,15,17-18H2,1-4H3/t25-,26-/m1/s1. The number of amides is 1. The molecule has 1 N–H and O–H groups in total. The van der Waals surface area contributed by atoms with E-state index in [2.05, 4.69) is 37.4 Å². The molecule has 1 amide bonds. The number of thiazole rings is 1. The average molecular weight is 599 g/mol. The van der Waals surface area contributed by atoms with Crippen LogP contribution in [0.1, 0.15) is 61.3 Å². The van der Waals surface area contributed by atoms with Crippen molar-refractivity contribution in [3.63, 3.8) is 0 Å². The Morgan fingerprint density at radius 1 is 1.12 bits per heavy atom. The van der Waals surface area contributed by atoms with Crippen molar-refractivity contribution >= 4 is 34.9 Å². The number of carbonyl (C=O) groups is 1. The molecule has 2 aromatic carbocycles. The van der Waals surface area contributed by atoms with Crippen LogP contribution >= 0.6 is 22.9 Å². The summed E-state index contributed by atoms with van der Waals surface area (Å²) in [6.45, 7) is 9.70. The molecule has 8 heteroatoms. The summed E-state index contributed by atoms with van der Waals surface area (Å²) in [5.74, 6) is -0.0343. The topological polar surface area (TPSA) is 67.2 Å². The Hall–Kier alpha value is -3.52. The number of hydrogen-bond acceptors (Lipinski definition) is 5. The lowest BCUT2D eigenvalue weighted by Gasteiger charge is -2.29. The fourth-order valence-electron chi connectivity index (χ4n) is 6.21. The first-order valence-electron chi connectivity index (χ1n) is 14.6. The maximum Gasteiger partial charge on any atom is 0.265 e. The predicted molar refractivity (Wildman–Crippen MR) is 173 cm³/mol. The van der Waals surface area contributed by atoms with Gasteiger partial charge in [0.15, 0.2) is 0 Å². The van der Waals surface area contributed by atoms with Crippen molar-refractivity contribution in [3.8, 4) is 27.5 Å². The number of nitrogens with one attached hydrogen (secondary N) is 1. The zero-order valence-corrected chi connectivity index (χ0v) is 26.0. The minimum Gasteiger partial charge on any atom is -0.333 e. The first-order valence-corrected chi connectivity index (χ1v) is 15.9. The molecule has 0 radical (unpaired) electrons. The maximum atomic E-state index is 14.7. The predicted octanol–water partition coefficient (Wildman–Crippen LogP) is 7.02. The highest BCUT2D eigenvalue weighted by Crippen LogP contribution is 2.33. The monoisotopic (exact) mass is 598 g/mol. The quantitative estimate of drug-likeness (QED) is 0.248. The zero-order chi connectivity index (χ0) is 29.5. The third-order valence-corrected chi connectivity index (χ3v) is 9.40. The number of piperazine rings is 1. The van der Waals surface area contributed by atoms with E-state index in [1.165, 1.54) is 11.3 Å². The fraction of sp³-hybridized carbons (Fsp3) is 0.324. The summed E-state index contributed by atoms with van der Waals surface area (Å²) in [6.07, 6.45) is 4.47. The van der Waals surface area contributed by atoms with Crippen molar-refractivity contribution in [2.45, 2.75) is 59.0 Å². The largest absolute Gasteiger partial charge is 0.333 e. The number of carbonyl (C=O) groups excluding carboxylic acids is 1. The van der Waals surface area contributed by atoms with Crippen molar-refractivity contribution in [1.29, 1.82) is 0 Å². The van der Waals surface area contributed by atoms with E-state index in [0.29, 0.717) is 39.4 Å². The lowest BCUT2D eigenvalue weighted by molar-refractivity contribution is 0.0715. The number of nitrogens with zero attached hydrogens (tertiary/aromatic N) is 3. The molecule has 216 valence electrons. The molecule has 2 atom stereocenters. The van der Waals surface area contributed by atoms with Gasteiger partial charge in [0, 0.05) is 41.1 Å². The summed E-state index contributed by atoms with van der Waals surface area (Å²) in [5, 5.41) is 6.70. The summed E-state index contributed by atoms with van der Waals surface area (Å²) >= 11 is 7.53. The molecule has 2 bridgehead atoms. The minimum absolute atomic E-state index is 0.0343. The van der Waals surface area contributed by atoms with E-state index in [1.54, 1.807) is 10.6 Å². The van der Waals surface area contributed by atoms with Crippen LogP contribution in [-0.4, -0.2) is 45.5 Å². The summed E-state index contributed by atoms with van der Waals surface area (Å²) in [5.41, 5.74) is 7.15. The SMILES string of the molecule is CCc1cccc(CC)c1-n1c(C=C(C)C)c(C(=O)N2C[C@H]3C[C@@H]2CN3)cc(-c2nc(-c3ccc(Cl)cc3)cs2)c1=O. The molecule has 6 nitrogen and oxygen atoms in total. The van der Waals surface area contributed by atoms with Crippen molar-refractivity contribution < 1.29 is 4.79 Å². The third-order valence-electron chi connectivity index (χ3n) is 8.28. The number of benzene rings is 2. The lowest BCUT2D eigenvalue weighted by Crippen LogP contribution is -2.47. The van der Waals surface area contributed by atoms with Gasteiger partial charge in [0.2, 0.25) is 0 Å². The zero-order valence-electron chi connectivity index (χ0n) is 24.4. The Labute approximate surface area is 255 Å². The van der Waals surface area contributed by atoms with Crippen LogP contribution in [0, 0.1) is 0 Å². The van der Waals surface area contributed by atoms with Crippen molar-refractivity contribution in [2.75, 3.05) is 13.1 Å². The number of aromatic nitrogens is 2. The van der Waals surface area contributed by atoms with E-state index in [0.717, 1.165) is 59.5 Å². The van der Waals surface area contributed by atoms with Crippen LogP contribution in [0.25, 0.3) is 33.6 Å². The molecule has 0 saturated carbocycles. The smallest absolute Gasteiger partial charge is 0.265 e. The molecular weight excluding hydrogens is 564 g/mol. The first-order chi connectivity index (χ1) is 20.3. The molecule has 42 heavy (non-hydrogen) atoms. The molecule has 2 fully saturated rings. The molecule has 0 aliphatic carbocycles. The van der Waals surface area contributed by atoms with Crippen molar-refractivity contribution in [2.24, 2.45) is 0 Å². The molecule has 2 aliphatic rings. The number of halogens is 1. The van der Waals surface area contributed by atoms with Crippen LogP contribution < -0.4 is 10.9 Å². The first kappa shape index (κ1) is 28.6. The van der Waals surface area contributed by atoms with Gasteiger partial charge in [0.05, 0.1) is 28.2 Å². The highest BCUT2D eigenvalue weighted by atomic mass is 35.5. The second-order valence-electron chi connectivity index (χ2n) is 11.3. The Kier molecular flexibility index (Phi) is 7.92. The van der Waals surface area contributed by atoms with Gasteiger partial charge in [-0.2, -0.15) is 0 Å². The second kappa shape index (κ2) is 11.6. The van der Waals surface area contributed by atoms with Gasteiger partial charge in [-0.05, 0) is 68.5 Å². The fourth-order valence-corrected chi connectivity index (χ4v) is 7.17. The number of rotatable bonds is 7. The number of fused-ring (bicyclic) bond motifs is 2. The summed E-state index contributed by atoms with van der Waals surface area (Å²) in [6, 6.07) is 16.0. The molecule has 2 saturated heterocycles. The van der Waals surface area contributed by atoms with E-state index in [9.17, 15) is 9.59 Å². The van der Waals surface area contributed by atoms with E-state index in [1.807, 2.05) is 54.5 Å². The van der Waals surface area contributed by atoms with Gasteiger partial charge in [-0.3, -0.25) is 14.2 Å². The van der Waals surface area contributed by atoms with Crippen LogP contribution in [0.5, 0.6) is 0 Å². The van der Waals surface area contributed by atoms with Gasteiger partial charge < -0.3 is 10.2 Å². The van der Waals surface area contributed by atoms with Crippen molar-refractivity contribution in [1.82, 2.24) is 19.8 Å². The van der Waals surface area contributed by atoms with Crippen LogP contribution in [0.4, 0.5) is 0 Å². The molecule has 4 heterocycles. The van der Waals surface area contributed by atoms with Gasteiger partial charge in [-0.25, -0.2) is 4.98 Å². The van der Waals surface area contributed by atoms with Crippen LogP contribution in [0.2, 0.25) is 5.02 Å². The van der Waals surface area contributed by atoms with E-state index >= 15 is 0 Å². The number of para-hydroxylation sites is 1. The molecule has 6 rings (SSSR count). The number of aryl methyl sites for hydroxylation is 2. The molecular formula is C34H35ClN4O2S. The lowest BCUT2D eigenvalue weighted by atomic mass is 9.99. The number of pyridine rings is 1. The number of allylic oxidation sites excluding steroid dienone is 1. The van der Waals surface area contributed by atoms with Gasteiger partial charge in [-0.15, -0.1) is 11.3 Å². The molecule has 0 unspecified atom stereocenters. The van der Waals surface area contributed by atoms with Crippen molar-refractivity contribution in [3.05, 3.63) is 97.2 Å². The van der Waals surface area contributed by atoms with Crippen LogP contribution in [-0.2, 0) is 12.8 Å². The minimum atomic E-state index is -0.170. The second-order valence-corrected chi connectivity index (χ2v) is 12.6.